The van der Waals surface area contributed by atoms with E-state index in [0.717, 1.165) is 11.1 Å². The number of carboxylic acids is 3. The standard InChI is InChI=1S/C75H100N16O16.Lu/c1-8-76-73(105)70-82-80-68(56-36-54(45(3)4)59(92)39-61(56)94)90(70)52-14-10-48(11-15-52)34-50-18-22-88(23-19-50)64(97)38-58(79-63(96)41-84-26-28-85(42-65(98)99)30-32-87(44-67(102)103)33-31-86(29-27-84)43-66(100)101)72(104)78-47(7)75(107)89-24-20-51(21-25-89)35-49-12-16-53(17-13-49)91-69(81-83-71(91)74(106)77-9-2)57-37-55(46(5)6)60(93)40-62(57)95;/h10-17,36-37,39-40,45-47,50-51,58,92-95H,8-9,18-35,38,41-44H2,1-7H3,(H,76,105)(H,77,106)(H,78,104)(H,79,96)(H,98,99)(H,100,101)(H,102,103);/t47-,58+;/m1./s1. The van der Waals surface area contributed by atoms with E-state index in [1.807, 2.05) is 76.2 Å². The summed E-state index contributed by atoms with van der Waals surface area (Å²) < 4.78 is 3.12. The summed E-state index contributed by atoms with van der Waals surface area (Å²) in [5.74, 6) is -6.73. The van der Waals surface area contributed by atoms with Gasteiger partial charge in [0, 0.05) is 152 Å². The third-order valence-corrected chi connectivity index (χ3v) is 19.9. The third-order valence-electron chi connectivity index (χ3n) is 19.9. The van der Waals surface area contributed by atoms with Gasteiger partial charge in [0.25, 0.3) is 11.8 Å². The van der Waals surface area contributed by atoms with Crippen LogP contribution in [0.2, 0.25) is 0 Å². The molecule has 2 aromatic heterocycles. The molecule has 108 heavy (non-hydrogen) atoms. The van der Waals surface area contributed by atoms with Crippen molar-refractivity contribution in [2.24, 2.45) is 11.8 Å². The summed E-state index contributed by atoms with van der Waals surface area (Å²) in [5.41, 5.74) is 4.74. The maximum absolute atomic E-state index is 14.7. The number of piperidine rings is 2. The number of nitrogens with one attached hydrogen (secondary N) is 4. The number of benzene rings is 4. The molecule has 4 aromatic carbocycles. The maximum Gasteiger partial charge on any atom is 0.317 e. The molecule has 3 saturated heterocycles. The van der Waals surface area contributed by atoms with Crippen LogP contribution < -0.4 is 21.3 Å². The summed E-state index contributed by atoms with van der Waals surface area (Å²) in [7, 11) is 0. The number of hydrogen-bond donors (Lipinski definition) is 11. The minimum absolute atomic E-state index is 0. The first kappa shape index (κ1) is 84.3. The van der Waals surface area contributed by atoms with Crippen molar-refractivity contribution in [3.05, 3.63) is 107 Å². The number of aromatic nitrogens is 6. The van der Waals surface area contributed by atoms with Crippen molar-refractivity contribution in [2.45, 2.75) is 117 Å². The van der Waals surface area contributed by atoms with Gasteiger partial charge in [0.2, 0.25) is 35.3 Å². The van der Waals surface area contributed by atoms with Gasteiger partial charge in [0.15, 0.2) is 11.6 Å². The van der Waals surface area contributed by atoms with Crippen molar-refractivity contribution in [3.8, 4) is 57.1 Å². The molecule has 0 bridgehead atoms. The molecule has 0 aliphatic carbocycles. The Labute approximate surface area is 656 Å². The Morgan fingerprint density at radius 1 is 0.463 bits per heavy atom. The van der Waals surface area contributed by atoms with E-state index in [0.29, 0.717) is 100 Å². The van der Waals surface area contributed by atoms with E-state index in [-0.39, 0.29) is 202 Å². The number of carbonyl (C=O) groups is 9. The topological polar surface area (TPSA) is 424 Å². The number of nitrogens with zero attached hydrogens (tertiary/aromatic N) is 12. The Morgan fingerprint density at radius 2 is 0.824 bits per heavy atom. The molecular formula is C75H100LuN16O16. The van der Waals surface area contributed by atoms with Crippen LogP contribution in [-0.4, -0.2) is 278 Å². The van der Waals surface area contributed by atoms with Crippen LogP contribution in [0.1, 0.15) is 136 Å². The number of hydrogen-bond acceptors (Lipinski definition) is 21. The molecule has 1 radical (unpaired) electrons. The van der Waals surface area contributed by atoms with Gasteiger partial charge in [-0.25, -0.2) is 0 Å². The summed E-state index contributed by atoms with van der Waals surface area (Å²) >= 11 is 0. The quantitative estimate of drug-likeness (QED) is 0.0332. The van der Waals surface area contributed by atoms with Crippen molar-refractivity contribution in [1.29, 1.82) is 0 Å². The first-order valence-corrected chi connectivity index (χ1v) is 36.6. The van der Waals surface area contributed by atoms with Gasteiger partial charge in [-0.2, -0.15) is 0 Å². The molecule has 0 unspecified atom stereocenters. The van der Waals surface area contributed by atoms with Gasteiger partial charge in [-0.3, -0.25) is 71.9 Å². The molecule has 11 N–H and O–H groups in total. The average Bonchev–Trinajstić information content (AvgIpc) is 1.61. The molecule has 3 aliphatic heterocycles. The number of likely N-dealkylation sites (tertiary alicyclic amines) is 2. The minimum Gasteiger partial charge on any atom is -0.508 e. The van der Waals surface area contributed by atoms with Crippen molar-refractivity contribution in [1.82, 2.24) is 80.2 Å². The maximum atomic E-state index is 14.7. The van der Waals surface area contributed by atoms with Gasteiger partial charge in [-0.1, -0.05) is 52.0 Å². The Morgan fingerprint density at radius 3 is 1.18 bits per heavy atom. The van der Waals surface area contributed by atoms with Gasteiger partial charge in [-0.15, -0.1) is 20.4 Å². The molecule has 33 heteroatoms. The normalized spacial score (nSPS) is 16.2. The molecule has 2 atom stereocenters. The van der Waals surface area contributed by atoms with E-state index < -0.39 is 65.9 Å². The number of amides is 6. The summed E-state index contributed by atoms with van der Waals surface area (Å²) in [6.45, 7) is 14.4. The predicted octanol–water partition coefficient (Wildman–Crippen LogP) is 3.87. The number of carbonyl (C=O) groups excluding carboxylic acids is 6. The zero-order valence-corrected chi connectivity index (χ0v) is 63.7. The van der Waals surface area contributed by atoms with E-state index in [1.54, 1.807) is 71.4 Å². The molecule has 32 nitrogen and oxygen atoms in total. The fourth-order valence-electron chi connectivity index (χ4n) is 14.0. The molecule has 9 rings (SSSR count). The molecular weight excluding hydrogens is 1560 g/mol. The Hall–Kier alpha value is -9.34. The van der Waals surface area contributed by atoms with Crippen LogP contribution >= 0.6 is 0 Å². The summed E-state index contributed by atoms with van der Waals surface area (Å²) in [5, 5.41) is 101. The van der Waals surface area contributed by atoms with Crippen LogP contribution in [0.3, 0.4) is 0 Å². The average molecular weight is 1660 g/mol. The molecule has 6 amide bonds. The van der Waals surface area contributed by atoms with Crippen LogP contribution in [0, 0.1) is 48.7 Å². The Balaban J connectivity index is 0.0000147. The van der Waals surface area contributed by atoms with Crippen LogP contribution in [0.5, 0.6) is 23.0 Å². The van der Waals surface area contributed by atoms with Gasteiger partial charge in [0.05, 0.1) is 43.7 Å². The number of carboxylic acid groups (broad SMARTS) is 3. The third kappa shape index (κ3) is 22.4. The van der Waals surface area contributed by atoms with Gasteiger partial charge in [0.1, 0.15) is 35.1 Å². The number of aliphatic carboxylic acids is 3. The fraction of sp³-hybridized carbons (Fsp3) is 0.507. The number of phenolic OH excluding ortho intramolecular Hbond substituents is 4. The largest absolute Gasteiger partial charge is 0.508 e. The molecule has 6 aromatic rings. The first-order valence-electron chi connectivity index (χ1n) is 36.6. The number of phenols is 4. The summed E-state index contributed by atoms with van der Waals surface area (Å²) in [4.78, 5) is 130. The van der Waals surface area contributed by atoms with Crippen molar-refractivity contribution in [3.63, 3.8) is 0 Å². The molecule has 3 aliphatic rings. The first-order chi connectivity index (χ1) is 51.1. The monoisotopic (exact) mass is 1660 g/mol. The molecule has 0 saturated carbocycles. The second-order valence-corrected chi connectivity index (χ2v) is 28.4. The molecule has 5 heterocycles. The minimum atomic E-state index is -1.47. The predicted molar refractivity (Wildman–Crippen MR) is 393 cm³/mol. The van der Waals surface area contributed by atoms with Gasteiger partial charge in [-0.05, 0) is 142 Å². The van der Waals surface area contributed by atoms with Crippen molar-refractivity contribution >= 4 is 53.4 Å². The van der Waals surface area contributed by atoms with Crippen LogP contribution in [0.15, 0.2) is 72.8 Å². The van der Waals surface area contributed by atoms with Crippen LogP contribution in [-0.2, 0) is 46.4 Å². The zero-order valence-electron chi connectivity index (χ0n) is 62.0. The van der Waals surface area contributed by atoms with Crippen molar-refractivity contribution in [2.75, 3.05) is 118 Å². The number of rotatable bonds is 28. The van der Waals surface area contributed by atoms with E-state index in [9.17, 15) is 78.9 Å². The van der Waals surface area contributed by atoms with Crippen LogP contribution in [0.4, 0.5) is 0 Å². The van der Waals surface area contributed by atoms with E-state index in [4.69, 9.17) is 0 Å². The summed E-state index contributed by atoms with van der Waals surface area (Å²) in [6, 6.07) is 18.2. The smallest absolute Gasteiger partial charge is 0.317 e. The van der Waals surface area contributed by atoms with Gasteiger partial charge >= 0.3 is 17.9 Å². The van der Waals surface area contributed by atoms with Gasteiger partial charge < -0.3 is 66.8 Å². The Kier molecular flexibility index (Phi) is 30.6. The second kappa shape index (κ2) is 39.2. The van der Waals surface area contributed by atoms with Crippen LogP contribution in [0.25, 0.3) is 34.2 Å². The molecule has 591 valence electrons. The Bertz CT molecular complexity index is 4120. The van der Waals surface area contributed by atoms with E-state index in [2.05, 4.69) is 41.7 Å². The SMILES string of the molecule is CCNC(=O)c1nnc(-c2cc(C(C)C)c(O)cc2O)n1-c1ccc(CC2CCN(C(=O)C[C@H](NC(=O)CN3CCN(CC(=O)O)CCN(CC(=O)O)CCN(CC(=O)O)CC3)C(=O)N[C@H](C)C(=O)N3CCC(Cc4ccc(-n5c(C(=O)NCC)nnc5-c5cc(C(C)C)c(O)cc5O)cc4)CC3)CC2)cc1.[Lu]. The molecule has 0 spiro atoms. The van der Waals surface area contributed by atoms with E-state index in [1.165, 1.54) is 12.1 Å². The fourth-order valence-corrected chi connectivity index (χ4v) is 14.0. The zero-order chi connectivity index (χ0) is 77.3. The van der Waals surface area contributed by atoms with E-state index >= 15 is 0 Å². The molecule has 3 fully saturated rings. The number of aromatic hydroxyl groups is 4. The second-order valence-electron chi connectivity index (χ2n) is 28.4. The summed E-state index contributed by atoms with van der Waals surface area (Å²) in [6.07, 6.45) is 3.25. The van der Waals surface area contributed by atoms with Crippen molar-refractivity contribution < 1.29 is 116 Å².